The maximum atomic E-state index is 11.0. The molecule has 1 aromatic carbocycles. The van der Waals surface area contributed by atoms with Crippen molar-refractivity contribution in [2.24, 2.45) is 0 Å². The second-order valence-electron chi connectivity index (χ2n) is 2.08. The number of amides is 1. The standard InChI is InChI=1S/C7H6BrNO3.Na/c8-4-1-2-6(10)5(3-4)7(11)9-12;/h1-3,10,12H,(H,9,11);/q;+1/p-1. The van der Waals surface area contributed by atoms with Gasteiger partial charge in [0.1, 0.15) is 0 Å². The third-order valence-electron chi connectivity index (χ3n) is 1.29. The van der Waals surface area contributed by atoms with Crippen LogP contribution in [-0.4, -0.2) is 11.1 Å². The summed E-state index contributed by atoms with van der Waals surface area (Å²) in [5.74, 6) is -1.23. The third-order valence-corrected chi connectivity index (χ3v) is 1.78. The van der Waals surface area contributed by atoms with Crippen LogP contribution in [0, 0.1) is 0 Å². The van der Waals surface area contributed by atoms with Gasteiger partial charge in [0.15, 0.2) is 0 Å². The molecular formula is C7H5BrNNaO3. The maximum Gasteiger partial charge on any atom is 1.00 e. The molecule has 1 amide bonds. The molecule has 0 aliphatic carbocycles. The van der Waals surface area contributed by atoms with E-state index in [2.05, 4.69) is 15.9 Å². The van der Waals surface area contributed by atoms with Gasteiger partial charge in [0.05, 0.1) is 0 Å². The minimum Gasteiger partial charge on any atom is -0.872 e. The number of carbonyl (C=O) groups excluding carboxylic acids is 1. The Kier molecular flexibility index (Phi) is 5.59. The molecule has 0 spiro atoms. The Labute approximate surface area is 105 Å². The summed E-state index contributed by atoms with van der Waals surface area (Å²) in [5, 5.41) is 19.2. The Morgan fingerprint density at radius 2 is 2.15 bits per heavy atom. The second kappa shape index (κ2) is 5.62. The van der Waals surface area contributed by atoms with Crippen LogP contribution in [0.1, 0.15) is 10.4 Å². The Hall–Kier alpha value is -0.0700. The summed E-state index contributed by atoms with van der Waals surface area (Å²) in [7, 11) is 0. The van der Waals surface area contributed by atoms with Crippen molar-refractivity contribution in [3.63, 3.8) is 0 Å². The first-order valence-electron chi connectivity index (χ1n) is 3.06. The van der Waals surface area contributed by atoms with Crippen LogP contribution in [-0.2, 0) is 0 Å². The zero-order valence-corrected chi connectivity index (χ0v) is 10.5. The largest absolute Gasteiger partial charge is 1.00 e. The molecule has 0 aromatic heterocycles. The van der Waals surface area contributed by atoms with Crippen molar-refractivity contribution in [2.45, 2.75) is 0 Å². The number of hydroxylamine groups is 1. The van der Waals surface area contributed by atoms with Crippen molar-refractivity contribution in [1.82, 2.24) is 5.48 Å². The van der Waals surface area contributed by atoms with Gasteiger partial charge in [-0.1, -0.05) is 27.7 Å². The normalized spacial score (nSPS) is 8.77. The van der Waals surface area contributed by atoms with E-state index >= 15 is 0 Å². The Balaban J connectivity index is 0.00000144. The molecule has 1 aromatic rings. The molecule has 0 atom stereocenters. The topological polar surface area (TPSA) is 72.4 Å². The van der Waals surface area contributed by atoms with Crippen LogP contribution in [0.4, 0.5) is 0 Å². The van der Waals surface area contributed by atoms with Crippen LogP contribution >= 0.6 is 15.9 Å². The van der Waals surface area contributed by atoms with Gasteiger partial charge in [-0.2, -0.15) is 0 Å². The van der Waals surface area contributed by atoms with E-state index in [1.807, 2.05) is 0 Å². The molecule has 2 N–H and O–H groups in total. The van der Waals surface area contributed by atoms with Crippen LogP contribution in [0.5, 0.6) is 5.75 Å². The number of rotatable bonds is 1. The molecule has 0 aliphatic rings. The van der Waals surface area contributed by atoms with Gasteiger partial charge in [0.2, 0.25) is 0 Å². The molecule has 6 heteroatoms. The van der Waals surface area contributed by atoms with Crippen LogP contribution in [0.15, 0.2) is 22.7 Å². The fourth-order valence-electron chi connectivity index (χ4n) is 0.740. The van der Waals surface area contributed by atoms with Gasteiger partial charge in [-0.25, -0.2) is 5.48 Å². The van der Waals surface area contributed by atoms with Crippen LogP contribution in [0.2, 0.25) is 0 Å². The number of benzene rings is 1. The van der Waals surface area contributed by atoms with Crippen LogP contribution in [0.3, 0.4) is 0 Å². The second-order valence-corrected chi connectivity index (χ2v) is 3.00. The molecule has 0 radical (unpaired) electrons. The minimum atomic E-state index is -0.804. The molecule has 0 unspecified atom stereocenters. The van der Waals surface area contributed by atoms with Crippen LogP contribution < -0.4 is 40.1 Å². The maximum absolute atomic E-state index is 11.0. The quantitative estimate of drug-likeness (QED) is 0.335. The number of hydrogen-bond acceptors (Lipinski definition) is 3. The smallest absolute Gasteiger partial charge is 0.872 e. The van der Waals surface area contributed by atoms with Gasteiger partial charge in [0, 0.05) is 10.0 Å². The summed E-state index contributed by atoms with van der Waals surface area (Å²) in [6.45, 7) is 0. The molecule has 0 saturated heterocycles. The SMILES string of the molecule is O=C(NO)c1cc(Br)ccc1[O-].[Na+]. The third kappa shape index (κ3) is 3.28. The van der Waals surface area contributed by atoms with Gasteiger partial charge in [-0.15, -0.1) is 0 Å². The van der Waals surface area contributed by atoms with E-state index in [0.29, 0.717) is 4.47 Å². The van der Waals surface area contributed by atoms with Crippen molar-refractivity contribution < 1.29 is 44.7 Å². The van der Waals surface area contributed by atoms with E-state index in [0.717, 1.165) is 0 Å². The molecular weight excluding hydrogens is 249 g/mol. The van der Waals surface area contributed by atoms with Gasteiger partial charge < -0.3 is 5.11 Å². The van der Waals surface area contributed by atoms with Gasteiger partial charge in [-0.05, 0) is 12.1 Å². The average Bonchev–Trinajstić information content (AvgIpc) is 2.08. The van der Waals surface area contributed by atoms with E-state index in [1.54, 1.807) is 0 Å². The van der Waals surface area contributed by atoms with Crippen LogP contribution in [0.25, 0.3) is 0 Å². The summed E-state index contributed by atoms with van der Waals surface area (Å²) >= 11 is 3.09. The van der Waals surface area contributed by atoms with Crippen molar-refractivity contribution in [2.75, 3.05) is 0 Å². The van der Waals surface area contributed by atoms with E-state index in [9.17, 15) is 9.90 Å². The molecule has 1 rings (SSSR count). The molecule has 0 aliphatic heterocycles. The predicted octanol–water partition coefficient (Wildman–Crippen LogP) is -2.35. The van der Waals surface area contributed by atoms with E-state index in [-0.39, 0.29) is 35.1 Å². The van der Waals surface area contributed by atoms with Crippen molar-refractivity contribution >= 4 is 21.8 Å². The fraction of sp³-hybridized carbons (Fsp3) is 0. The van der Waals surface area contributed by atoms with E-state index < -0.39 is 11.7 Å². The predicted molar refractivity (Wildman–Crippen MR) is 42.8 cm³/mol. The first-order valence-corrected chi connectivity index (χ1v) is 3.85. The van der Waals surface area contributed by atoms with Crippen molar-refractivity contribution in [3.8, 4) is 5.75 Å². The number of nitrogens with one attached hydrogen (secondary N) is 1. The fourth-order valence-corrected chi connectivity index (χ4v) is 1.10. The Morgan fingerprint density at radius 3 is 2.69 bits per heavy atom. The van der Waals surface area contributed by atoms with E-state index in [4.69, 9.17) is 5.21 Å². The van der Waals surface area contributed by atoms with Crippen molar-refractivity contribution in [3.05, 3.63) is 28.2 Å². The molecule has 0 saturated carbocycles. The molecule has 64 valence electrons. The first-order chi connectivity index (χ1) is 5.65. The number of carbonyl (C=O) groups is 1. The molecule has 4 nitrogen and oxygen atoms in total. The number of hydrogen-bond donors (Lipinski definition) is 2. The summed E-state index contributed by atoms with van der Waals surface area (Å²) in [5.41, 5.74) is 1.30. The summed E-state index contributed by atoms with van der Waals surface area (Å²) in [6.07, 6.45) is 0. The van der Waals surface area contributed by atoms with Gasteiger partial charge in [0.25, 0.3) is 5.91 Å². The first kappa shape index (κ1) is 12.9. The summed E-state index contributed by atoms with van der Waals surface area (Å²) < 4.78 is 0.612. The van der Waals surface area contributed by atoms with Gasteiger partial charge in [-0.3, -0.25) is 10.0 Å². The summed E-state index contributed by atoms with van der Waals surface area (Å²) in [6, 6.07) is 4.11. The summed E-state index contributed by atoms with van der Waals surface area (Å²) in [4.78, 5) is 10.8. The molecule has 0 bridgehead atoms. The van der Waals surface area contributed by atoms with Gasteiger partial charge >= 0.3 is 29.6 Å². The zero-order valence-electron chi connectivity index (χ0n) is 6.87. The molecule has 0 heterocycles. The monoisotopic (exact) mass is 253 g/mol. The average molecular weight is 254 g/mol. The molecule has 13 heavy (non-hydrogen) atoms. The Bertz CT molecular complexity index is 319. The molecule has 0 fully saturated rings. The Morgan fingerprint density at radius 1 is 1.54 bits per heavy atom. The zero-order chi connectivity index (χ0) is 9.14. The minimum absolute atomic E-state index is 0. The van der Waals surface area contributed by atoms with E-state index in [1.165, 1.54) is 23.7 Å². The van der Waals surface area contributed by atoms with Crippen molar-refractivity contribution in [1.29, 1.82) is 0 Å². The number of halogens is 1.